The molecule has 0 rings (SSSR count). The summed E-state index contributed by atoms with van der Waals surface area (Å²) in [5, 5.41) is 0. The second-order valence-electron chi connectivity index (χ2n) is 2.73. The molecule has 0 saturated heterocycles. The normalized spacial score (nSPS) is 12.1. The maximum absolute atomic E-state index is 10.9. The minimum absolute atomic E-state index is 0.0487. The molecule has 0 spiro atoms. The Balaban J connectivity index is 3.70. The van der Waals surface area contributed by atoms with Gasteiger partial charge in [-0.1, -0.05) is 0 Å². The molecule has 0 aromatic heterocycles. The quantitative estimate of drug-likeness (QED) is 0.416. The van der Waals surface area contributed by atoms with Gasteiger partial charge in [0, 0.05) is 6.42 Å². The van der Waals surface area contributed by atoms with Gasteiger partial charge in [0.15, 0.2) is 0 Å². The van der Waals surface area contributed by atoms with Gasteiger partial charge in [-0.25, -0.2) is 0 Å². The number of carbonyl (C=O) groups is 3. The van der Waals surface area contributed by atoms with Gasteiger partial charge in [0.05, 0.1) is 12.5 Å². The molecule has 6 nitrogen and oxygen atoms in total. The third-order valence-electron chi connectivity index (χ3n) is 1.47. The molecular weight excluding hydrogens is 174 g/mol. The number of primary amides is 2. The van der Waals surface area contributed by atoms with Crippen molar-refractivity contribution >= 4 is 17.6 Å². The van der Waals surface area contributed by atoms with Crippen molar-refractivity contribution in [1.82, 2.24) is 0 Å². The number of hydrogen-bond acceptors (Lipinski definition) is 4. The summed E-state index contributed by atoms with van der Waals surface area (Å²) in [4.78, 5) is 31.6. The predicted octanol–water partition coefficient (Wildman–Crippen LogP) is -1.98. The lowest BCUT2D eigenvalue weighted by atomic mass is 10.1. The fraction of sp³-hybridized carbons (Fsp3) is 0.571. The molecule has 0 unspecified atom stereocenters. The van der Waals surface area contributed by atoms with Crippen LogP contribution >= 0.6 is 0 Å². The van der Waals surface area contributed by atoms with Crippen LogP contribution in [0, 0.1) is 0 Å². The lowest BCUT2D eigenvalue weighted by Crippen LogP contribution is -2.36. The molecule has 0 saturated carbocycles. The molecule has 0 aliphatic heterocycles. The summed E-state index contributed by atoms with van der Waals surface area (Å²) in [6.07, 6.45) is -0.111. The van der Waals surface area contributed by atoms with Crippen molar-refractivity contribution in [2.75, 3.05) is 0 Å². The van der Waals surface area contributed by atoms with Gasteiger partial charge < -0.3 is 17.2 Å². The fourth-order valence-electron chi connectivity index (χ4n) is 0.741. The highest BCUT2D eigenvalue weighted by atomic mass is 16.2. The lowest BCUT2D eigenvalue weighted by molar-refractivity contribution is -0.126. The second-order valence-corrected chi connectivity index (χ2v) is 2.73. The van der Waals surface area contributed by atoms with Crippen molar-refractivity contribution in [2.24, 2.45) is 17.2 Å². The fourth-order valence-corrected chi connectivity index (χ4v) is 0.741. The van der Waals surface area contributed by atoms with Crippen LogP contribution in [0.4, 0.5) is 0 Å². The molecule has 0 aromatic rings. The average Bonchev–Trinajstić information content (AvgIpc) is 1.98. The Morgan fingerprint density at radius 2 is 1.69 bits per heavy atom. The molecule has 2 amide bonds. The summed E-state index contributed by atoms with van der Waals surface area (Å²) >= 11 is 0. The zero-order valence-electron chi connectivity index (χ0n) is 7.16. The molecule has 6 heteroatoms. The van der Waals surface area contributed by atoms with Gasteiger partial charge in [-0.2, -0.15) is 0 Å². The lowest BCUT2D eigenvalue weighted by Gasteiger charge is -2.04. The van der Waals surface area contributed by atoms with Crippen molar-refractivity contribution < 1.29 is 14.4 Å². The van der Waals surface area contributed by atoms with Crippen LogP contribution in [0.25, 0.3) is 0 Å². The molecule has 0 aromatic carbocycles. The van der Waals surface area contributed by atoms with Gasteiger partial charge in [0.25, 0.3) is 0 Å². The van der Waals surface area contributed by atoms with Crippen molar-refractivity contribution in [3.8, 4) is 0 Å². The maximum Gasteiger partial charge on any atom is 0.234 e. The highest BCUT2D eigenvalue weighted by Crippen LogP contribution is 1.97. The Hall–Kier alpha value is -1.43. The zero-order valence-corrected chi connectivity index (χ0v) is 7.16. The third kappa shape index (κ3) is 5.80. The second kappa shape index (κ2) is 5.26. The van der Waals surface area contributed by atoms with Crippen LogP contribution in [0.15, 0.2) is 0 Å². The van der Waals surface area contributed by atoms with E-state index in [1.807, 2.05) is 0 Å². The summed E-state index contributed by atoms with van der Waals surface area (Å²) < 4.78 is 0. The van der Waals surface area contributed by atoms with E-state index in [-0.39, 0.29) is 25.0 Å². The maximum atomic E-state index is 10.9. The minimum Gasteiger partial charge on any atom is -0.369 e. The Labute approximate surface area is 75.4 Å². The number of Topliss-reactive ketones (excluding diaryl/α,β-unsaturated/α-hetero) is 1. The van der Waals surface area contributed by atoms with Gasteiger partial charge in [0.2, 0.25) is 11.8 Å². The first-order chi connectivity index (χ1) is 5.93. The highest BCUT2D eigenvalue weighted by Gasteiger charge is 2.12. The van der Waals surface area contributed by atoms with E-state index < -0.39 is 17.9 Å². The Morgan fingerprint density at radius 3 is 2.08 bits per heavy atom. The van der Waals surface area contributed by atoms with Crippen molar-refractivity contribution in [3.63, 3.8) is 0 Å². The largest absolute Gasteiger partial charge is 0.369 e. The van der Waals surface area contributed by atoms with E-state index >= 15 is 0 Å². The number of rotatable bonds is 6. The smallest absolute Gasteiger partial charge is 0.234 e. The van der Waals surface area contributed by atoms with Crippen LogP contribution < -0.4 is 17.2 Å². The van der Waals surface area contributed by atoms with Gasteiger partial charge in [-0.3, -0.25) is 14.4 Å². The van der Waals surface area contributed by atoms with Crippen LogP contribution in [0.1, 0.15) is 19.3 Å². The number of carbonyl (C=O) groups excluding carboxylic acids is 3. The molecule has 0 aliphatic rings. The Kier molecular flexibility index (Phi) is 4.68. The first-order valence-electron chi connectivity index (χ1n) is 3.78. The standard InChI is InChI=1S/C7H13N3O3/c8-5(7(10)13)2-1-4(11)3-6(9)12/h5H,1-3,8H2,(H2,9,12)(H2,10,13)/t5-/m0/s1. The molecule has 0 fully saturated rings. The number of nitrogens with two attached hydrogens (primary N) is 3. The van der Waals surface area contributed by atoms with Crippen LogP contribution in [0.3, 0.4) is 0 Å². The molecular formula is C7H13N3O3. The monoisotopic (exact) mass is 187 g/mol. The van der Waals surface area contributed by atoms with Gasteiger partial charge in [-0.05, 0) is 6.42 Å². The van der Waals surface area contributed by atoms with Gasteiger partial charge >= 0.3 is 0 Å². The predicted molar refractivity (Wildman–Crippen MR) is 45.2 cm³/mol. The van der Waals surface area contributed by atoms with Gasteiger partial charge in [-0.15, -0.1) is 0 Å². The van der Waals surface area contributed by atoms with E-state index in [4.69, 9.17) is 17.2 Å². The number of hydrogen-bond donors (Lipinski definition) is 3. The SMILES string of the molecule is NC(=O)CC(=O)CC[C@H](N)C(N)=O. The number of amides is 2. The number of ketones is 1. The summed E-state index contributed by atoms with van der Waals surface area (Å²) in [6, 6.07) is -0.836. The summed E-state index contributed by atoms with van der Waals surface area (Å²) in [5.41, 5.74) is 14.9. The Bertz CT molecular complexity index is 227. The van der Waals surface area contributed by atoms with Crippen LogP contribution in [0.5, 0.6) is 0 Å². The molecule has 6 N–H and O–H groups in total. The first-order valence-corrected chi connectivity index (χ1v) is 3.78. The topological polar surface area (TPSA) is 129 Å². The van der Waals surface area contributed by atoms with E-state index in [0.717, 1.165) is 0 Å². The van der Waals surface area contributed by atoms with Crippen molar-refractivity contribution in [2.45, 2.75) is 25.3 Å². The van der Waals surface area contributed by atoms with E-state index in [0.29, 0.717) is 0 Å². The average molecular weight is 187 g/mol. The Morgan fingerprint density at radius 1 is 1.15 bits per heavy atom. The van der Waals surface area contributed by atoms with Crippen LogP contribution in [0.2, 0.25) is 0 Å². The summed E-state index contributed by atoms with van der Waals surface area (Å²) in [7, 11) is 0. The third-order valence-corrected chi connectivity index (χ3v) is 1.47. The van der Waals surface area contributed by atoms with Crippen LogP contribution in [-0.4, -0.2) is 23.6 Å². The molecule has 74 valence electrons. The first kappa shape index (κ1) is 11.6. The van der Waals surface area contributed by atoms with E-state index in [1.165, 1.54) is 0 Å². The molecule has 0 radical (unpaired) electrons. The summed E-state index contributed by atoms with van der Waals surface area (Å²) in [5.74, 6) is -1.67. The molecule has 0 bridgehead atoms. The van der Waals surface area contributed by atoms with E-state index in [1.54, 1.807) is 0 Å². The molecule has 13 heavy (non-hydrogen) atoms. The van der Waals surface area contributed by atoms with E-state index in [9.17, 15) is 14.4 Å². The molecule has 0 aliphatic carbocycles. The molecule has 1 atom stereocenters. The van der Waals surface area contributed by atoms with E-state index in [2.05, 4.69) is 0 Å². The van der Waals surface area contributed by atoms with Crippen molar-refractivity contribution in [1.29, 1.82) is 0 Å². The van der Waals surface area contributed by atoms with Crippen LogP contribution in [-0.2, 0) is 14.4 Å². The minimum atomic E-state index is -0.836. The summed E-state index contributed by atoms with van der Waals surface area (Å²) in [6.45, 7) is 0. The molecule has 0 heterocycles. The highest BCUT2D eigenvalue weighted by molar-refractivity contribution is 5.97. The van der Waals surface area contributed by atoms with Crippen molar-refractivity contribution in [3.05, 3.63) is 0 Å². The van der Waals surface area contributed by atoms with Gasteiger partial charge in [0.1, 0.15) is 5.78 Å². The zero-order chi connectivity index (χ0) is 10.4.